The van der Waals surface area contributed by atoms with Crippen molar-refractivity contribution in [3.63, 3.8) is 0 Å². The molecule has 0 heterocycles. The van der Waals surface area contributed by atoms with E-state index in [0.29, 0.717) is 6.42 Å². The van der Waals surface area contributed by atoms with Crippen LogP contribution in [0.15, 0.2) is 47.4 Å². The van der Waals surface area contributed by atoms with Gasteiger partial charge in [-0.2, -0.15) is 0 Å². The highest BCUT2D eigenvalue weighted by atomic mass is 32.2. The Morgan fingerprint density at radius 2 is 1.84 bits per heavy atom. The molecule has 0 saturated heterocycles. The Balaban J connectivity index is 2.27. The van der Waals surface area contributed by atoms with E-state index in [9.17, 15) is 18.5 Å². The van der Waals surface area contributed by atoms with Crippen LogP contribution < -0.4 is 9.46 Å². The molecule has 2 aromatic carbocycles. The average molecular weight is 364 g/mol. The van der Waals surface area contributed by atoms with Crippen molar-refractivity contribution in [1.82, 2.24) is 4.72 Å². The summed E-state index contributed by atoms with van der Waals surface area (Å²) in [6.45, 7) is 3.77. The minimum absolute atomic E-state index is 0.0122. The molecule has 7 nitrogen and oxygen atoms in total. The van der Waals surface area contributed by atoms with Crippen molar-refractivity contribution >= 4 is 15.7 Å². The highest BCUT2D eigenvalue weighted by molar-refractivity contribution is 7.89. The number of non-ortho nitro benzene ring substituents is 1. The van der Waals surface area contributed by atoms with E-state index in [1.807, 2.05) is 26.0 Å². The Morgan fingerprint density at radius 3 is 2.32 bits per heavy atom. The Labute approximate surface area is 146 Å². The standard InChI is InChI=1S/C17H20N2O5S/c1-4-16(13-5-10-17(24-3)12(2)11-13)18-25(22,23)15-8-6-14(7-9-15)19(20)21/h5-11,16,18H,4H2,1-3H3/t16-/m1/s1. The van der Waals surface area contributed by atoms with Crippen LogP contribution in [-0.4, -0.2) is 20.5 Å². The van der Waals surface area contributed by atoms with Gasteiger partial charge in [0.2, 0.25) is 10.0 Å². The summed E-state index contributed by atoms with van der Waals surface area (Å²) in [5, 5.41) is 10.7. The molecule has 2 aromatic rings. The molecule has 0 aromatic heterocycles. The van der Waals surface area contributed by atoms with Crippen LogP contribution in [0.2, 0.25) is 0 Å². The molecule has 2 rings (SSSR count). The topological polar surface area (TPSA) is 98.5 Å². The first-order chi connectivity index (χ1) is 11.8. The van der Waals surface area contributed by atoms with Gasteiger partial charge in [0.25, 0.3) is 5.69 Å². The van der Waals surface area contributed by atoms with Crippen molar-refractivity contribution in [3.05, 3.63) is 63.7 Å². The summed E-state index contributed by atoms with van der Waals surface area (Å²) in [4.78, 5) is 10.1. The Hall–Kier alpha value is -2.45. The number of nitro groups is 1. The summed E-state index contributed by atoms with van der Waals surface area (Å²) in [5.41, 5.74) is 1.58. The van der Waals surface area contributed by atoms with Crippen LogP contribution in [0.1, 0.15) is 30.5 Å². The fourth-order valence-electron chi connectivity index (χ4n) is 2.51. The monoisotopic (exact) mass is 364 g/mol. The molecule has 1 N–H and O–H groups in total. The van der Waals surface area contributed by atoms with Gasteiger partial charge in [-0.3, -0.25) is 10.1 Å². The van der Waals surface area contributed by atoms with E-state index >= 15 is 0 Å². The Bertz CT molecular complexity index is 863. The molecule has 0 amide bonds. The summed E-state index contributed by atoms with van der Waals surface area (Å²) in [7, 11) is -2.21. The molecule has 0 saturated carbocycles. The Morgan fingerprint density at radius 1 is 1.20 bits per heavy atom. The third-order valence-corrected chi connectivity index (χ3v) is 5.37. The van der Waals surface area contributed by atoms with Crippen LogP contribution >= 0.6 is 0 Å². The first-order valence-corrected chi connectivity index (χ1v) is 9.18. The maximum atomic E-state index is 12.6. The number of sulfonamides is 1. The van der Waals surface area contributed by atoms with Gasteiger partial charge in [-0.1, -0.05) is 19.1 Å². The van der Waals surface area contributed by atoms with Crippen LogP contribution in [0.5, 0.6) is 5.75 Å². The summed E-state index contributed by atoms with van der Waals surface area (Å²) < 4.78 is 33.0. The molecule has 0 bridgehead atoms. The van der Waals surface area contributed by atoms with E-state index in [1.54, 1.807) is 13.2 Å². The highest BCUT2D eigenvalue weighted by Crippen LogP contribution is 2.26. The minimum atomic E-state index is -3.79. The zero-order chi connectivity index (χ0) is 18.6. The SMILES string of the molecule is CC[C@@H](NS(=O)(=O)c1ccc([N+](=O)[O-])cc1)c1ccc(OC)c(C)c1. The molecular formula is C17H20N2O5S. The van der Waals surface area contributed by atoms with Crippen molar-refractivity contribution in [2.45, 2.75) is 31.2 Å². The molecule has 0 aliphatic carbocycles. The van der Waals surface area contributed by atoms with Gasteiger partial charge in [0, 0.05) is 18.2 Å². The van der Waals surface area contributed by atoms with E-state index in [2.05, 4.69) is 4.72 Å². The second-order valence-corrected chi connectivity index (χ2v) is 7.28. The van der Waals surface area contributed by atoms with Crippen molar-refractivity contribution < 1.29 is 18.1 Å². The van der Waals surface area contributed by atoms with E-state index < -0.39 is 21.0 Å². The number of rotatable bonds is 7. The quantitative estimate of drug-likeness (QED) is 0.600. The zero-order valence-electron chi connectivity index (χ0n) is 14.2. The molecule has 0 unspecified atom stereocenters. The number of benzene rings is 2. The van der Waals surface area contributed by atoms with Crippen LogP contribution in [0, 0.1) is 17.0 Å². The maximum Gasteiger partial charge on any atom is 0.269 e. The maximum absolute atomic E-state index is 12.6. The fourth-order valence-corrected chi connectivity index (χ4v) is 3.82. The molecular weight excluding hydrogens is 344 g/mol. The van der Waals surface area contributed by atoms with Crippen molar-refractivity contribution in [3.8, 4) is 5.75 Å². The summed E-state index contributed by atoms with van der Waals surface area (Å²) in [6, 6.07) is 9.89. The fraction of sp³-hybridized carbons (Fsp3) is 0.294. The molecule has 0 aliphatic rings. The lowest BCUT2D eigenvalue weighted by Gasteiger charge is -2.19. The molecule has 1 atom stereocenters. The first kappa shape index (κ1) is 18.9. The third-order valence-electron chi connectivity index (χ3n) is 3.88. The van der Waals surface area contributed by atoms with Gasteiger partial charge in [0.15, 0.2) is 0 Å². The number of methoxy groups -OCH3 is 1. The summed E-state index contributed by atoms with van der Waals surface area (Å²) in [5.74, 6) is 0.733. The smallest absolute Gasteiger partial charge is 0.269 e. The van der Waals surface area contributed by atoms with E-state index in [1.165, 1.54) is 24.3 Å². The van der Waals surface area contributed by atoms with Crippen LogP contribution in [-0.2, 0) is 10.0 Å². The molecule has 0 fully saturated rings. The Kier molecular flexibility index (Phi) is 5.76. The lowest BCUT2D eigenvalue weighted by Crippen LogP contribution is -2.28. The highest BCUT2D eigenvalue weighted by Gasteiger charge is 2.21. The number of hydrogen-bond donors (Lipinski definition) is 1. The normalized spacial score (nSPS) is 12.6. The second-order valence-electron chi connectivity index (χ2n) is 5.56. The number of hydrogen-bond acceptors (Lipinski definition) is 5. The number of nitro benzene ring substituents is 1. The van der Waals surface area contributed by atoms with Gasteiger partial charge < -0.3 is 4.74 Å². The molecule has 25 heavy (non-hydrogen) atoms. The van der Waals surface area contributed by atoms with Crippen LogP contribution in [0.4, 0.5) is 5.69 Å². The van der Waals surface area contributed by atoms with Gasteiger partial charge in [-0.15, -0.1) is 0 Å². The van der Waals surface area contributed by atoms with E-state index in [4.69, 9.17) is 4.74 Å². The molecule has 8 heteroatoms. The predicted octanol–water partition coefficient (Wildman–Crippen LogP) is 3.34. The number of nitrogens with zero attached hydrogens (tertiary/aromatic N) is 1. The first-order valence-electron chi connectivity index (χ1n) is 7.69. The molecule has 0 radical (unpaired) electrons. The number of aryl methyl sites for hydroxylation is 1. The second kappa shape index (κ2) is 7.62. The minimum Gasteiger partial charge on any atom is -0.496 e. The molecule has 0 spiro atoms. The number of nitrogens with one attached hydrogen (secondary N) is 1. The average Bonchev–Trinajstić information content (AvgIpc) is 2.59. The zero-order valence-corrected chi connectivity index (χ0v) is 15.0. The molecule has 134 valence electrons. The predicted molar refractivity (Wildman–Crippen MR) is 94.2 cm³/mol. The van der Waals surface area contributed by atoms with Gasteiger partial charge in [-0.05, 0) is 42.7 Å². The third kappa shape index (κ3) is 4.34. The van der Waals surface area contributed by atoms with Crippen LogP contribution in [0.25, 0.3) is 0 Å². The lowest BCUT2D eigenvalue weighted by molar-refractivity contribution is -0.384. The van der Waals surface area contributed by atoms with Crippen molar-refractivity contribution in [2.75, 3.05) is 7.11 Å². The lowest BCUT2D eigenvalue weighted by atomic mass is 10.0. The molecule has 0 aliphatic heterocycles. The van der Waals surface area contributed by atoms with E-state index in [-0.39, 0.29) is 10.6 Å². The summed E-state index contributed by atoms with van der Waals surface area (Å²) in [6.07, 6.45) is 0.554. The van der Waals surface area contributed by atoms with Crippen LogP contribution in [0.3, 0.4) is 0 Å². The number of ether oxygens (including phenoxy) is 1. The largest absolute Gasteiger partial charge is 0.496 e. The van der Waals surface area contributed by atoms with Gasteiger partial charge in [0.05, 0.1) is 16.9 Å². The van der Waals surface area contributed by atoms with Crippen molar-refractivity contribution in [2.24, 2.45) is 0 Å². The summed E-state index contributed by atoms with van der Waals surface area (Å²) >= 11 is 0. The van der Waals surface area contributed by atoms with Gasteiger partial charge >= 0.3 is 0 Å². The van der Waals surface area contributed by atoms with Gasteiger partial charge in [-0.25, -0.2) is 13.1 Å². The van der Waals surface area contributed by atoms with Gasteiger partial charge in [0.1, 0.15) is 5.75 Å². The van der Waals surface area contributed by atoms with Crippen molar-refractivity contribution in [1.29, 1.82) is 0 Å². The van der Waals surface area contributed by atoms with E-state index in [0.717, 1.165) is 16.9 Å².